The summed E-state index contributed by atoms with van der Waals surface area (Å²) in [5.41, 5.74) is 0. The minimum absolute atomic E-state index is 0.0379. The van der Waals surface area contributed by atoms with Crippen molar-refractivity contribution in [3.05, 3.63) is 170 Å². The molecule has 10 heteroatoms. The number of carbonyl (C=O) groups excluding carboxylic acids is 2. The van der Waals surface area contributed by atoms with Gasteiger partial charge in [-0.25, -0.2) is 0 Å². The fourth-order valence-corrected chi connectivity index (χ4v) is 11.1. The Balaban J connectivity index is 4.05. The van der Waals surface area contributed by atoms with E-state index in [4.69, 9.17) is 18.5 Å². The van der Waals surface area contributed by atoms with Gasteiger partial charge in [0.15, 0.2) is 6.10 Å². The van der Waals surface area contributed by atoms with Crippen molar-refractivity contribution >= 4 is 19.8 Å². The first-order valence-corrected chi connectivity index (χ1v) is 40.3. The van der Waals surface area contributed by atoms with E-state index in [0.717, 1.165) is 135 Å². The van der Waals surface area contributed by atoms with Crippen LogP contribution in [0.4, 0.5) is 0 Å². The smallest absolute Gasteiger partial charge is 0.306 e. The molecule has 0 saturated carbocycles. The Labute approximate surface area is 591 Å². The number of carbonyl (C=O) groups is 2. The predicted octanol–water partition coefficient (Wildman–Crippen LogP) is 25.4. The minimum atomic E-state index is -4.66. The molecule has 0 fully saturated rings. The van der Waals surface area contributed by atoms with Crippen LogP contribution in [-0.4, -0.2) is 70.0 Å². The van der Waals surface area contributed by atoms with Crippen LogP contribution in [-0.2, 0) is 32.7 Å². The average Bonchev–Trinajstić information content (AvgIpc) is 2.54. The van der Waals surface area contributed by atoms with Crippen molar-refractivity contribution in [3.63, 3.8) is 0 Å². The van der Waals surface area contributed by atoms with E-state index in [1.807, 2.05) is 21.1 Å². The van der Waals surface area contributed by atoms with Crippen molar-refractivity contribution in [3.8, 4) is 0 Å². The topological polar surface area (TPSA) is 111 Å². The van der Waals surface area contributed by atoms with Gasteiger partial charge in [-0.15, -0.1) is 0 Å². The first-order valence-electron chi connectivity index (χ1n) is 38.8. The molecule has 0 aromatic rings. The average molecular weight is 1350 g/mol. The number of allylic oxidation sites excluding steroid dienone is 28. The molecule has 9 nitrogen and oxygen atoms in total. The number of rotatable bonds is 70. The highest BCUT2D eigenvalue weighted by Crippen LogP contribution is 2.38. The molecule has 0 spiro atoms. The Morgan fingerprint density at radius 1 is 0.323 bits per heavy atom. The van der Waals surface area contributed by atoms with Gasteiger partial charge in [0.1, 0.15) is 19.8 Å². The van der Waals surface area contributed by atoms with E-state index < -0.39 is 26.5 Å². The van der Waals surface area contributed by atoms with Crippen molar-refractivity contribution < 1.29 is 42.1 Å². The largest absolute Gasteiger partial charge is 0.756 e. The maximum atomic E-state index is 12.9. The van der Waals surface area contributed by atoms with Crippen molar-refractivity contribution in [1.29, 1.82) is 0 Å². The van der Waals surface area contributed by atoms with E-state index in [0.29, 0.717) is 17.4 Å². The van der Waals surface area contributed by atoms with Crippen molar-refractivity contribution in [2.45, 2.75) is 315 Å². The predicted molar refractivity (Wildman–Crippen MR) is 415 cm³/mol. The first kappa shape index (κ1) is 91.4. The van der Waals surface area contributed by atoms with Crippen LogP contribution in [0.5, 0.6) is 0 Å². The van der Waals surface area contributed by atoms with Crippen LogP contribution in [0.2, 0.25) is 0 Å². The van der Waals surface area contributed by atoms with E-state index >= 15 is 0 Å². The number of quaternary nitrogens is 1. The third-order valence-corrected chi connectivity index (χ3v) is 17.2. The highest BCUT2D eigenvalue weighted by Gasteiger charge is 2.22. The van der Waals surface area contributed by atoms with E-state index in [9.17, 15) is 19.0 Å². The molecule has 546 valence electrons. The van der Waals surface area contributed by atoms with E-state index in [2.05, 4.69) is 184 Å². The number of hydrogen-bond acceptors (Lipinski definition) is 8. The van der Waals surface area contributed by atoms with Gasteiger partial charge in [-0.1, -0.05) is 338 Å². The van der Waals surface area contributed by atoms with E-state index in [1.54, 1.807) is 0 Å². The normalized spacial score (nSPS) is 14.0. The van der Waals surface area contributed by atoms with Crippen LogP contribution in [0, 0.1) is 0 Å². The number of phosphoric ester groups is 1. The minimum Gasteiger partial charge on any atom is -0.756 e. The molecular formula is C86H144NO8P. The lowest BCUT2D eigenvalue weighted by Crippen LogP contribution is -2.37. The number of nitrogens with zero attached hydrogens (tertiary/aromatic N) is 1. The molecule has 0 aliphatic carbocycles. The number of esters is 2. The summed E-state index contributed by atoms with van der Waals surface area (Å²) in [6.07, 6.45) is 113. The van der Waals surface area contributed by atoms with Gasteiger partial charge in [0, 0.05) is 12.8 Å². The number of unbranched alkanes of at least 4 members (excludes halogenated alkanes) is 28. The van der Waals surface area contributed by atoms with Gasteiger partial charge in [0.2, 0.25) is 0 Å². The summed E-state index contributed by atoms with van der Waals surface area (Å²) in [7, 11) is 1.15. The fraction of sp³-hybridized carbons (Fsp3) is 0.651. The van der Waals surface area contributed by atoms with Crippen molar-refractivity contribution in [2.24, 2.45) is 0 Å². The Morgan fingerprint density at radius 2 is 0.562 bits per heavy atom. The highest BCUT2D eigenvalue weighted by atomic mass is 31.2. The second-order valence-electron chi connectivity index (χ2n) is 26.6. The molecule has 0 aliphatic rings. The zero-order valence-corrected chi connectivity index (χ0v) is 63.2. The van der Waals surface area contributed by atoms with Gasteiger partial charge in [-0.2, -0.15) is 0 Å². The number of ether oxygens (including phenoxy) is 2. The molecule has 96 heavy (non-hydrogen) atoms. The third kappa shape index (κ3) is 78.4. The lowest BCUT2D eigenvalue weighted by Gasteiger charge is -2.28. The van der Waals surface area contributed by atoms with E-state index in [-0.39, 0.29) is 32.0 Å². The molecule has 0 aromatic heterocycles. The zero-order valence-electron chi connectivity index (χ0n) is 62.3. The molecule has 0 rings (SSSR count). The monoisotopic (exact) mass is 1350 g/mol. The number of phosphoric acid groups is 1. The van der Waals surface area contributed by atoms with Crippen LogP contribution in [0.15, 0.2) is 170 Å². The molecule has 0 saturated heterocycles. The molecule has 0 aliphatic heterocycles. The maximum Gasteiger partial charge on any atom is 0.306 e. The lowest BCUT2D eigenvalue weighted by molar-refractivity contribution is -0.870. The Kier molecular flexibility index (Phi) is 71.0. The quantitative estimate of drug-likeness (QED) is 0.0195. The van der Waals surface area contributed by atoms with Crippen LogP contribution >= 0.6 is 7.82 Å². The van der Waals surface area contributed by atoms with Gasteiger partial charge in [0.25, 0.3) is 7.82 Å². The fourth-order valence-electron chi connectivity index (χ4n) is 10.4. The second-order valence-corrected chi connectivity index (χ2v) is 28.0. The summed E-state index contributed by atoms with van der Waals surface area (Å²) in [5, 5.41) is 0. The molecule has 2 atom stereocenters. The molecule has 0 amide bonds. The molecule has 0 aromatic carbocycles. The van der Waals surface area contributed by atoms with Crippen LogP contribution in [0.25, 0.3) is 0 Å². The molecule has 0 bridgehead atoms. The van der Waals surface area contributed by atoms with Crippen LogP contribution < -0.4 is 4.89 Å². The van der Waals surface area contributed by atoms with Crippen molar-refractivity contribution in [1.82, 2.24) is 0 Å². The lowest BCUT2D eigenvalue weighted by atomic mass is 10.0. The Hall–Kier alpha value is -4.63. The standard InChI is InChI=1S/C86H144NO8P/c1-6-8-10-12-14-16-18-20-22-24-26-28-30-32-34-36-38-39-40-41-42-43-44-45-46-47-49-51-53-55-57-59-61-63-65-67-69-71-73-75-77-79-86(89)95-84(83-94-96(90,91)93-81-80-87(3,4)5)82-92-85(88)78-76-74-72-70-68-66-64-62-60-58-56-54-52-50-48-37-35-33-31-29-27-25-23-21-19-17-15-13-11-9-7-2/h8-11,14-17,20-23,26-29,32,34,38-39,41-42,44-45,47,49,53,55,84H,6-7,12-13,18-19,24-25,30-31,33,35-37,40,43,46,48,50-52,54,56-83H2,1-5H3/b10-8-,11-9-,16-14-,17-15-,22-20-,23-21-,28-26-,29-27-,34-32-,39-38-,42-41-,45-44-,49-47-,55-53-. The molecule has 0 N–H and O–H groups in total. The zero-order chi connectivity index (χ0) is 69.7. The summed E-state index contributed by atoms with van der Waals surface area (Å²) in [6, 6.07) is 0. The van der Waals surface area contributed by atoms with Gasteiger partial charge in [-0.3, -0.25) is 14.2 Å². The maximum absolute atomic E-state index is 12.9. The number of likely N-dealkylation sites (N-methyl/N-ethyl adjacent to an activating group) is 1. The summed E-state index contributed by atoms with van der Waals surface area (Å²) in [5.74, 6) is -0.838. The number of hydrogen-bond donors (Lipinski definition) is 0. The summed E-state index contributed by atoms with van der Waals surface area (Å²) in [6.45, 7) is 4.02. The molecular weight excluding hydrogens is 1210 g/mol. The molecule has 0 radical (unpaired) electrons. The van der Waals surface area contributed by atoms with Gasteiger partial charge in [0.05, 0.1) is 27.7 Å². The van der Waals surface area contributed by atoms with Crippen molar-refractivity contribution in [2.75, 3.05) is 47.5 Å². The third-order valence-electron chi connectivity index (χ3n) is 16.2. The SMILES string of the molecule is CC/C=C\C/C=C\C/C=C\C/C=C\C/C=C\C/C=C\C/C=C\C/C=C\C/C=C\C/C=C\CCCCCCCCCCCCC(=O)OC(COC(=O)CCCCCCCCCCCCCCCCCCCC/C=C\C/C=C\C/C=C\C/C=C\CC)COP(=O)([O-])OCC[N+](C)(C)C. The summed E-state index contributed by atoms with van der Waals surface area (Å²) < 4.78 is 34.4. The molecule has 2 unspecified atom stereocenters. The van der Waals surface area contributed by atoms with Gasteiger partial charge >= 0.3 is 11.9 Å². The van der Waals surface area contributed by atoms with Crippen LogP contribution in [0.1, 0.15) is 309 Å². The van der Waals surface area contributed by atoms with E-state index in [1.165, 1.54) is 141 Å². The van der Waals surface area contributed by atoms with Crippen LogP contribution in [0.3, 0.4) is 0 Å². The van der Waals surface area contributed by atoms with Gasteiger partial charge in [-0.05, 0) is 128 Å². The van der Waals surface area contributed by atoms with Gasteiger partial charge < -0.3 is 27.9 Å². The summed E-state index contributed by atoms with van der Waals surface area (Å²) >= 11 is 0. The first-order chi connectivity index (χ1) is 47.0. The molecule has 0 heterocycles. The Morgan fingerprint density at radius 3 is 0.833 bits per heavy atom. The highest BCUT2D eigenvalue weighted by molar-refractivity contribution is 7.45. The Bertz CT molecular complexity index is 2230. The summed E-state index contributed by atoms with van der Waals surface area (Å²) in [4.78, 5) is 38.2. The second kappa shape index (κ2) is 74.6.